The molecule has 1 N–H and O–H groups in total. The van der Waals surface area contributed by atoms with Gasteiger partial charge in [0, 0.05) is 44.3 Å². The third kappa shape index (κ3) is 2.84. The second-order valence-electron chi connectivity index (χ2n) is 7.52. The molecule has 0 aromatic carbocycles. The summed E-state index contributed by atoms with van der Waals surface area (Å²) in [5.41, 5.74) is 0.450. The molecule has 1 heterocycles. The minimum atomic E-state index is 0.450. The van der Waals surface area contributed by atoms with Crippen molar-refractivity contribution in [3.63, 3.8) is 0 Å². The second kappa shape index (κ2) is 5.34. The molecule has 0 radical (unpaired) electrons. The van der Waals surface area contributed by atoms with E-state index in [9.17, 15) is 0 Å². The molecule has 0 amide bonds. The van der Waals surface area contributed by atoms with Crippen molar-refractivity contribution in [2.24, 2.45) is 5.41 Å². The van der Waals surface area contributed by atoms with Crippen molar-refractivity contribution < 1.29 is 0 Å². The normalized spacial score (nSPS) is 37.4. The fourth-order valence-corrected chi connectivity index (χ4v) is 4.46. The van der Waals surface area contributed by atoms with E-state index in [-0.39, 0.29) is 0 Å². The lowest BCUT2D eigenvalue weighted by atomic mass is 9.70. The van der Waals surface area contributed by atoms with E-state index in [1.165, 1.54) is 58.3 Å². The van der Waals surface area contributed by atoms with Crippen LogP contribution in [-0.2, 0) is 0 Å². The summed E-state index contributed by atoms with van der Waals surface area (Å²) in [5, 5.41) is 3.63. The number of piperazine rings is 1. The van der Waals surface area contributed by atoms with Crippen molar-refractivity contribution in [1.82, 2.24) is 15.1 Å². The van der Waals surface area contributed by atoms with Gasteiger partial charge in [-0.2, -0.15) is 0 Å². The molecule has 0 aromatic heterocycles. The Hall–Kier alpha value is -0.120. The molecule has 3 aliphatic rings. The second-order valence-corrected chi connectivity index (χ2v) is 7.52. The first-order chi connectivity index (χ1) is 9.12. The highest BCUT2D eigenvalue weighted by atomic mass is 15.3. The van der Waals surface area contributed by atoms with Crippen molar-refractivity contribution in [3.8, 4) is 0 Å². The van der Waals surface area contributed by atoms with Gasteiger partial charge in [-0.15, -0.1) is 0 Å². The molecular weight excluding hydrogens is 234 g/mol. The zero-order valence-electron chi connectivity index (χ0n) is 13.0. The van der Waals surface area contributed by atoms with Crippen LogP contribution in [0.2, 0.25) is 0 Å². The molecule has 110 valence electrons. The maximum absolute atomic E-state index is 3.63. The van der Waals surface area contributed by atoms with Crippen LogP contribution >= 0.6 is 0 Å². The standard InChI is InChI=1S/C16H31N3/c1-16(2)8-4-5-14(15(16)17-3)19-11-9-18(10-12-19)13-6-7-13/h13-15,17H,4-12H2,1-3H3. The topological polar surface area (TPSA) is 18.5 Å². The predicted octanol–water partition coefficient (Wildman–Crippen LogP) is 1.93. The third-order valence-corrected chi connectivity index (χ3v) is 5.74. The van der Waals surface area contributed by atoms with Gasteiger partial charge in [-0.25, -0.2) is 0 Å². The molecule has 2 unspecified atom stereocenters. The molecule has 0 aromatic rings. The van der Waals surface area contributed by atoms with Crippen molar-refractivity contribution in [2.45, 2.75) is 64.1 Å². The van der Waals surface area contributed by atoms with Gasteiger partial charge in [0.15, 0.2) is 0 Å². The van der Waals surface area contributed by atoms with Gasteiger partial charge in [-0.05, 0) is 38.1 Å². The van der Waals surface area contributed by atoms with Gasteiger partial charge in [0.2, 0.25) is 0 Å². The molecule has 2 saturated carbocycles. The Morgan fingerprint density at radius 1 is 0.947 bits per heavy atom. The summed E-state index contributed by atoms with van der Waals surface area (Å²) in [7, 11) is 2.16. The number of rotatable bonds is 3. The zero-order chi connectivity index (χ0) is 13.5. The number of nitrogens with zero attached hydrogens (tertiary/aromatic N) is 2. The van der Waals surface area contributed by atoms with Gasteiger partial charge >= 0.3 is 0 Å². The van der Waals surface area contributed by atoms with Crippen molar-refractivity contribution >= 4 is 0 Å². The van der Waals surface area contributed by atoms with Crippen molar-refractivity contribution in [1.29, 1.82) is 0 Å². The Morgan fingerprint density at radius 2 is 1.58 bits per heavy atom. The van der Waals surface area contributed by atoms with Crippen molar-refractivity contribution in [3.05, 3.63) is 0 Å². The fraction of sp³-hybridized carbons (Fsp3) is 1.00. The number of nitrogens with one attached hydrogen (secondary N) is 1. The Kier molecular flexibility index (Phi) is 3.89. The molecule has 3 nitrogen and oxygen atoms in total. The van der Waals surface area contributed by atoms with Gasteiger partial charge in [-0.3, -0.25) is 9.80 Å². The van der Waals surface area contributed by atoms with Crippen LogP contribution in [0.1, 0.15) is 46.0 Å². The first kappa shape index (κ1) is 13.8. The van der Waals surface area contributed by atoms with E-state index in [2.05, 4.69) is 36.0 Å². The maximum atomic E-state index is 3.63. The van der Waals surface area contributed by atoms with E-state index in [1.54, 1.807) is 0 Å². The van der Waals surface area contributed by atoms with Gasteiger partial charge in [0.05, 0.1) is 0 Å². The van der Waals surface area contributed by atoms with E-state index in [1.807, 2.05) is 0 Å². The van der Waals surface area contributed by atoms with E-state index in [0.717, 1.165) is 12.1 Å². The molecule has 3 rings (SSSR count). The van der Waals surface area contributed by atoms with Gasteiger partial charge in [-0.1, -0.05) is 20.3 Å². The molecule has 0 spiro atoms. The molecule has 1 aliphatic heterocycles. The Morgan fingerprint density at radius 3 is 2.16 bits per heavy atom. The molecule has 1 saturated heterocycles. The Labute approximate surface area is 118 Å². The third-order valence-electron chi connectivity index (χ3n) is 5.74. The van der Waals surface area contributed by atoms with Crippen LogP contribution in [-0.4, -0.2) is 61.2 Å². The summed E-state index contributed by atoms with van der Waals surface area (Å²) in [6, 6.07) is 2.37. The largest absolute Gasteiger partial charge is 0.315 e. The SMILES string of the molecule is CNC1C(N2CCN(C3CC3)CC2)CCCC1(C)C. The van der Waals surface area contributed by atoms with Gasteiger partial charge in [0.25, 0.3) is 0 Å². The van der Waals surface area contributed by atoms with Crippen LogP contribution in [0.3, 0.4) is 0 Å². The molecule has 19 heavy (non-hydrogen) atoms. The summed E-state index contributed by atoms with van der Waals surface area (Å²) in [6.07, 6.45) is 7.07. The monoisotopic (exact) mass is 265 g/mol. The maximum Gasteiger partial charge on any atom is 0.0271 e. The number of hydrogen-bond donors (Lipinski definition) is 1. The summed E-state index contributed by atoms with van der Waals surface area (Å²) >= 11 is 0. The highest BCUT2D eigenvalue weighted by molar-refractivity contribution is 4.99. The Balaban J connectivity index is 1.61. The number of hydrogen-bond acceptors (Lipinski definition) is 3. The predicted molar refractivity (Wildman–Crippen MR) is 80.4 cm³/mol. The highest BCUT2D eigenvalue weighted by Crippen LogP contribution is 2.38. The lowest BCUT2D eigenvalue weighted by molar-refractivity contribution is 0.0192. The number of likely N-dealkylation sites (N-methyl/N-ethyl adjacent to an activating group) is 1. The van der Waals surface area contributed by atoms with Crippen LogP contribution in [0.15, 0.2) is 0 Å². The lowest BCUT2D eigenvalue weighted by Crippen LogP contribution is -2.61. The smallest absolute Gasteiger partial charge is 0.0271 e. The van der Waals surface area contributed by atoms with Gasteiger partial charge < -0.3 is 5.32 Å². The van der Waals surface area contributed by atoms with Crippen LogP contribution in [0.4, 0.5) is 0 Å². The summed E-state index contributed by atoms with van der Waals surface area (Å²) < 4.78 is 0. The highest BCUT2D eigenvalue weighted by Gasteiger charge is 2.42. The molecular formula is C16H31N3. The van der Waals surface area contributed by atoms with Gasteiger partial charge in [0.1, 0.15) is 0 Å². The van der Waals surface area contributed by atoms with Crippen molar-refractivity contribution in [2.75, 3.05) is 33.2 Å². The summed E-state index contributed by atoms with van der Waals surface area (Å²) in [4.78, 5) is 5.50. The van der Waals surface area contributed by atoms with Crippen LogP contribution < -0.4 is 5.32 Å². The molecule has 0 bridgehead atoms. The fourth-order valence-electron chi connectivity index (χ4n) is 4.46. The first-order valence-electron chi connectivity index (χ1n) is 8.27. The summed E-state index contributed by atoms with van der Waals surface area (Å²) in [5.74, 6) is 0. The summed E-state index contributed by atoms with van der Waals surface area (Å²) in [6.45, 7) is 10.1. The van der Waals surface area contributed by atoms with E-state index in [4.69, 9.17) is 0 Å². The van der Waals surface area contributed by atoms with Crippen LogP contribution in [0.5, 0.6) is 0 Å². The zero-order valence-corrected chi connectivity index (χ0v) is 13.0. The quantitative estimate of drug-likeness (QED) is 0.841. The van der Waals surface area contributed by atoms with Crippen LogP contribution in [0.25, 0.3) is 0 Å². The molecule has 3 fully saturated rings. The van der Waals surface area contributed by atoms with E-state index < -0.39 is 0 Å². The molecule has 3 heteroatoms. The molecule has 2 aliphatic carbocycles. The van der Waals surface area contributed by atoms with E-state index in [0.29, 0.717) is 11.5 Å². The average Bonchev–Trinajstić information content (AvgIpc) is 3.22. The van der Waals surface area contributed by atoms with E-state index >= 15 is 0 Å². The molecule has 2 atom stereocenters. The minimum Gasteiger partial charge on any atom is -0.315 e. The average molecular weight is 265 g/mol. The lowest BCUT2D eigenvalue weighted by Gasteiger charge is -2.50. The minimum absolute atomic E-state index is 0.450. The Bertz CT molecular complexity index is 303. The van der Waals surface area contributed by atoms with Crippen LogP contribution in [0, 0.1) is 5.41 Å². The first-order valence-corrected chi connectivity index (χ1v) is 8.27.